The van der Waals surface area contributed by atoms with Crippen molar-refractivity contribution in [3.63, 3.8) is 0 Å². The molecule has 1 heterocycles. The van der Waals surface area contributed by atoms with Crippen LogP contribution in [0.25, 0.3) is 0 Å². The monoisotopic (exact) mass is 284 g/mol. The first-order valence-corrected chi connectivity index (χ1v) is 6.57. The highest BCUT2D eigenvalue weighted by atomic mass is 16.2. The second-order valence-electron chi connectivity index (χ2n) is 4.55. The van der Waals surface area contributed by atoms with E-state index in [4.69, 9.17) is 0 Å². The number of amides is 5. The van der Waals surface area contributed by atoms with Gasteiger partial charge >= 0.3 is 6.03 Å². The first kappa shape index (κ1) is 15.9. The highest BCUT2D eigenvalue weighted by molar-refractivity contribution is 6.00. The Morgan fingerprint density at radius 3 is 2.65 bits per heavy atom. The van der Waals surface area contributed by atoms with Gasteiger partial charge in [-0.3, -0.25) is 19.3 Å². The van der Waals surface area contributed by atoms with Crippen molar-refractivity contribution in [3.8, 4) is 0 Å². The van der Waals surface area contributed by atoms with Gasteiger partial charge in [-0.2, -0.15) is 0 Å². The number of imide groups is 1. The molecule has 1 saturated heterocycles. The predicted molar refractivity (Wildman–Crippen MR) is 70.6 cm³/mol. The molecule has 20 heavy (non-hydrogen) atoms. The van der Waals surface area contributed by atoms with Crippen molar-refractivity contribution < 1.29 is 19.2 Å². The van der Waals surface area contributed by atoms with E-state index < -0.39 is 18.0 Å². The molecule has 0 aromatic carbocycles. The molecule has 0 aromatic rings. The zero-order chi connectivity index (χ0) is 15.1. The van der Waals surface area contributed by atoms with E-state index in [1.165, 1.54) is 7.05 Å². The van der Waals surface area contributed by atoms with Crippen molar-refractivity contribution in [2.45, 2.75) is 32.2 Å². The van der Waals surface area contributed by atoms with E-state index in [9.17, 15) is 19.2 Å². The van der Waals surface area contributed by atoms with Gasteiger partial charge in [0.05, 0.1) is 0 Å². The van der Waals surface area contributed by atoms with Crippen LogP contribution in [0.5, 0.6) is 0 Å². The van der Waals surface area contributed by atoms with Gasteiger partial charge in [0.15, 0.2) is 0 Å². The third kappa shape index (κ3) is 4.52. The summed E-state index contributed by atoms with van der Waals surface area (Å²) >= 11 is 0. The van der Waals surface area contributed by atoms with E-state index in [0.717, 1.165) is 11.3 Å². The average molecular weight is 284 g/mol. The highest BCUT2D eigenvalue weighted by Crippen LogP contribution is 1.99. The third-order valence-electron chi connectivity index (χ3n) is 2.88. The lowest BCUT2D eigenvalue weighted by Crippen LogP contribution is -2.61. The minimum atomic E-state index is -0.753. The van der Waals surface area contributed by atoms with Gasteiger partial charge < -0.3 is 16.0 Å². The number of nitrogens with one attached hydrogen (secondary N) is 3. The molecule has 8 nitrogen and oxygen atoms in total. The maximum Gasteiger partial charge on any atom is 0.323 e. The summed E-state index contributed by atoms with van der Waals surface area (Å²) in [6.45, 7) is 2.20. The summed E-state index contributed by atoms with van der Waals surface area (Å²) in [4.78, 5) is 46.7. The summed E-state index contributed by atoms with van der Waals surface area (Å²) < 4.78 is 0. The molecule has 0 bridgehead atoms. The van der Waals surface area contributed by atoms with Crippen molar-refractivity contribution in [3.05, 3.63) is 0 Å². The SMILES string of the molecule is CCCC(=O)NCCC(=O)N[C@@H]1CNC(=O)N(C)C1=O. The Bertz CT molecular complexity index is 410. The van der Waals surface area contributed by atoms with Gasteiger partial charge in [0.25, 0.3) is 5.91 Å². The van der Waals surface area contributed by atoms with E-state index in [2.05, 4.69) is 16.0 Å². The molecule has 1 aliphatic rings. The molecule has 0 saturated carbocycles. The predicted octanol–water partition coefficient (Wildman–Crippen LogP) is -1.04. The van der Waals surface area contributed by atoms with Crippen LogP contribution < -0.4 is 16.0 Å². The molecule has 112 valence electrons. The van der Waals surface area contributed by atoms with Gasteiger partial charge in [-0.1, -0.05) is 6.92 Å². The molecular weight excluding hydrogens is 264 g/mol. The van der Waals surface area contributed by atoms with Crippen molar-refractivity contribution in [2.24, 2.45) is 0 Å². The number of nitrogens with zero attached hydrogens (tertiary/aromatic N) is 1. The smallest absolute Gasteiger partial charge is 0.323 e. The Kier molecular flexibility index (Phi) is 5.95. The summed E-state index contributed by atoms with van der Waals surface area (Å²) in [7, 11) is 1.35. The number of rotatable bonds is 6. The molecule has 1 aliphatic heterocycles. The lowest BCUT2D eigenvalue weighted by Gasteiger charge is -2.29. The molecule has 0 aromatic heterocycles. The summed E-state index contributed by atoms with van der Waals surface area (Å²) in [5, 5.41) is 7.63. The number of likely N-dealkylation sites (N-methyl/N-ethyl adjacent to an activating group) is 1. The van der Waals surface area contributed by atoms with Gasteiger partial charge in [0, 0.05) is 33.0 Å². The van der Waals surface area contributed by atoms with Gasteiger partial charge in [0.1, 0.15) is 6.04 Å². The van der Waals surface area contributed by atoms with Crippen molar-refractivity contribution in [1.29, 1.82) is 0 Å². The van der Waals surface area contributed by atoms with Crippen LogP contribution in [0.2, 0.25) is 0 Å². The first-order chi connectivity index (χ1) is 9.45. The number of hydrogen-bond acceptors (Lipinski definition) is 4. The Hall–Kier alpha value is -2.12. The summed E-state index contributed by atoms with van der Waals surface area (Å²) in [5.74, 6) is -0.886. The molecule has 1 fully saturated rings. The Morgan fingerprint density at radius 2 is 2.00 bits per heavy atom. The number of carbonyl (C=O) groups excluding carboxylic acids is 4. The zero-order valence-corrected chi connectivity index (χ0v) is 11.7. The Balaban J connectivity index is 2.30. The van der Waals surface area contributed by atoms with Crippen LogP contribution in [-0.2, 0) is 14.4 Å². The van der Waals surface area contributed by atoms with Crippen LogP contribution in [0.3, 0.4) is 0 Å². The fraction of sp³-hybridized carbons (Fsp3) is 0.667. The van der Waals surface area contributed by atoms with E-state index >= 15 is 0 Å². The van der Waals surface area contributed by atoms with Gasteiger partial charge in [-0.15, -0.1) is 0 Å². The lowest BCUT2D eigenvalue weighted by atomic mass is 10.2. The summed E-state index contributed by atoms with van der Waals surface area (Å²) in [5.41, 5.74) is 0. The van der Waals surface area contributed by atoms with Crippen LogP contribution in [0.15, 0.2) is 0 Å². The van der Waals surface area contributed by atoms with Crippen LogP contribution in [0.1, 0.15) is 26.2 Å². The minimum Gasteiger partial charge on any atom is -0.356 e. The summed E-state index contributed by atoms with van der Waals surface area (Å²) in [6, 6.07) is -1.23. The van der Waals surface area contributed by atoms with Crippen molar-refractivity contribution in [1.82, 2.24) is 20.9 Å². The number of hydrogen-bond donors (Lipinski definition) is 3. The van der Waals surface area contributed by atoms with Gasteiger partial charge in [-0.05, 0) is 6.42 Å². The van der Waals surface area contributed by atoms with E-state index in [0.29, 0.717) is 6.42 Å². The normalized spacial score (nSPS) is 18.5. The molecule has 3 N–H and O–H groups in total. The highest BCUT2D eigenvalue weighted by Gasteiger charge is 2.32. The molecule has 0 spiro atoms. The molecule has 1 rings (SSSR count). The van der Waals surface area contributed by atoms with Crippen LogP contribution in [0.4, 0.5) is 4.79 Å². The van der Waals surface area contributed by atoms with Crippen molar-refractivity contribution >= 4 is 23.8 Å². The lowest BCUT2D eigenvalue weighted by molar-refractivity contribution is -0.134. The van der Waals surface area contributed by atoms with Crippen LogP contribution in [0, 0.1) is 0 Å². The van der Waals surface area contributed by atoms with Crippen LogP contribution >= 0.6 is 0 Å². The fourth-order valence-corrected chi connectivity index (χ4v) is 1.74. The molecular formula is C12H20N4O4. The number of urea groups is 1. The quantitative estimate of drug-likeness (QED) is 0.579. The molecule has 0 unspecified atom stereocenters. The van der Waals surface area contributed by atoms with E-state index in [1.54, 1.807) is 0 Å². The maximum absolute atomic E-state index is 11.7. The molecule has 5 amide bonds. The van der Waals surface area contributed by atoms with E-state index in [1.807, 2.05) is 6.92 Å². The second kappa shape index (κ2) is 7.46. The Morgan fingerprint density at radius 1 is 1.30 bits per heavy atom. The van der Waals surface area contributed by atoms with E-state index in [-0.39, 0.29) is 31.3 Å². The van der Waals surface area contributed by atoms with Gasteiger partial charge in [-0.25, -0.2) is 4.79 Å². The van der Waals surface area contributed by atoms with Crippen molar-refractivity contribution in [2.75, 3.05) is 20.1 Å². The fourth-order valence-electron chi connectivity index (χ4n) is 1.74. The maximum atomic E-state index is 11.7. The molecule has 1 atom stereocenters. The largest absolute Gasteiger partial charge is 0.356 e. The first-order valence-electron chi connectivity index (χ1n) is 6.57. The van der Waals surface area contributed by atoms with Crippen LogP contribution in [-0.4, -0.2) is 54.8 Å². The number of carbonyl (C=O) groups is 4. The Labute approximate surface area is 117 Å². The van der Waals surface area contributed by atoms with Gasteiger partial charge in [0.2, 0.25) is 11.8 Å². The standard InChI is InChI=1S/C12H20N4O4/c1-3-4-9(17)13-6-5-10(18)15-8-7-14-12(20)16(2)11(8)19/h8H,3-7H2,1-2H3,(H,13,17)(H,14,20)(H,15,18)/t8-/m1/s1. The average Bonchev–Trinajstić information content (AvgIpc) is 2.40. The zero-order valence-electron chi connectivity index (χ0n) is 11.7. The molecule has 0 radical (unpaired) electrons. The summed E-state index contributed by atoms with van der Waals surface area (Å²) in [6.07, 6.45) is 1.27. The molecule has 0 aliphatic carbocycles. The topological polar surface area (TPSA) is 108 Å². The third-order valence-corrected chi connectivity index (χ3v) is 2.88. The molecule has 8 heteroatoms. The minimum absolute atomic E-state index is 0.0793. The second-order valence-corrected chi connectivity index (χ2v) is 4.55.